The van der Waals surface area contributed by atoms with E-state index in [9.17, 15) is 0 Å². The zero-order chi connectivity index (χ0) is 15.1. The normalized spacial score (nSPS) is 14.6. The van der Waals surface area contributed by atoms with Crippen molar-refractivity contribution in [2.45, 2.75) is 52.9 Å². The molecule has 0 saturated heterocycles. The minimum absolute atomic E-state index is 0.159. The van der Waals surface area contributed by atoms with Crippen molar-refractivity contribution < 1.29 is 9.47 Å². The van der Waals surface area contributed by atoms with E-state index in [1.54, 1.807) is 7.11 Å². The summed E-state index contributed by atoms with van der Waals surface area (Å²) in [6, 6.07) is 8.52. The molecule has 1 rings (SSSR count). The van der Waals surface area contributed by atoms with E-state index in [-0.39, 0.29) is 18.2 Å². The molecule has 2 atom stereocenters. The predicted molar refractivity (Wildman–Crippen MR) is 84.3 cm³/mol. The molecular formula is C17H29NO2. The lowest BCUT2D eigenvalue weighted by Crippen LogP contribution is -2.36. The zero-order valence-corrected chi connectivity index (χ0v) is 13.6. The van der Waals surface area contributed by atoms with Crippen LogP contribution in [0.1, 0.15) is 46.2 Å². The van der Waals surface area contributed by atoms with E-state index in [4.69, 9.17) is 9.47 Å². The molecular weight excluding hydrogens is 250 g/mol. The molecule has 0 bridgehead atoms. The van der Waals surface area contributed by atoms with E-state index < -0.39 is 0 Å². The Kier molecular flexibility index (Phi) is 7.03. The number of likely N-dealkylation sites (N-methyl/N-ethyl adjacent to an activating group) is 1. The Morgan fingerprint density at radius 1 is 1.05 bits per heavy atom. The Morgan fingerprint density at radius 3 is 2.05 bits per heavy atom. The molecule has 0 aromatic heterocycles. The maximum Gasteiger partial charge on any atom is 0.119 e. The van der Waals surface area contributed by atoms with Gasteiger partial charge in [0.25, 0.3) is 0 Å². The van der Waals surface area contributed by atoms with Crippen LogP contribution in [0.25, 0.3) is 0 Å². The molecule has 0 amide bonds. The summed E-state index contributed by atoms with van der Waals surface area (Å²) in [5, 5.41) is 3.53. The minimum Gasteiger partial charge on any atom is -0.491 e. The minimum atomic E-state index is 0.159. The van der Waals surface area contributed by atoms with Gasteiger partial charge in [-0.1, -0.05) is 32.9 Å². The molecule has 0 aliphatic heterocycles. The van der Waals surface area contributed by atoms with Crippen LogP contribution in [0.15, 0.2) is 24.3 Å². The number of nitrogens with one attached hydrogen (secondary N) is 1. The Hall–Kier alpha value is -1.06. The quantitative estimate of drug-likeness (QED) is 0.785. The molecule has 0 spiro atoms. The fraction of sp³-hybridized carbons (Fsp3) is 0.647. The molecule has 0 saturated carbocycles. The summed E-state index contributed by atoms with van der Waals surface area (Å²) < 4.78 is 11.4. The van der Waals surface area contributed by atoms with Gasteiger partial charge in [-0.25, -0.2) is 0 Å². The first-order chi connectivity index (χ1) is 9.49. The van der Waals surface area contributed by atoms with Gasteiger partial charge in [0, 0.05) is 7.11 Å². The number of methoxy groups -OCH3 is 1. The van der Waals surface area contributed by atoms with Gasteiger partial charge in [-0.05, 0) is 44.0 Å². The zero-order valence-electron chi connectivity index (χ0n) is 13.6. The van der Waals surface area contributed by atoms with Crippen molar-refractivity contribution in [2.24, 2.45) is 5.92 Å². The predicted octanol–water partition coefficient (Wildman–Crippen LogP) is 3.80. The van der Waals surface area contributed by atoms with Crippen LogP contribution in [-0.4, -0.2) is 25.9 Å². The van der Waals surface area contributed by atoms with Crippen LogP contribution in [0.3, 0.4) is 0 Å². The molecule has 1 aromatic carbocycles. The number of benzene rings is 1. The van der Waals surface area contributed by atoms with Gasteiger partial charge in [0.05, 0.1) is 18.2 Å². The van der Waals surface area contributed by atoms with Crippen LogP contribution < -0.4 is 10.1 Å². The molecule has 0 aliphatic rings. The van der Waals surface area contributed by atoms with Gasteiger partial charge in [0.1, 0.15) is 5.75 Å². The first-order valence-electron chi connectivity index (χ1n) is 7.52. The molecule has 3 nitrogen and oxygen atoms in total. The summed E-state index contributed by atoms with van der Waals surface area (Å²) in [6.45, 7) is 11.5. The first-order valence-corrected chi connectivity index (χ1v) is 7.52. The third-order valence-corrected chi connectivity index (χ3v) is 3.29. The van der Waals surface area contributed by atoms with E-state index >= 15 is 0 Å². The van der Waals surface area contributed by atoms with Crippen LogP contribution in [0.2, 0.25) is 0 Å². The molecule has 1 N–H and O–H groups in total. The highest BCUT2D eigenvalue weighted by Gasteiger charge is 2.25. The molecule has 1 aromatic rings. The van der Waals surface area contributed by atoms with Crippen molar-refractivity contribution in [2.75, 3.05) is 13.7 Å². The summed E-state index contributed by atoms with van der Waals surface area (Å²) in [4.78, 5) is 0. The summed E-state index contributed by atoms with van der Waals surface area (Å²) >= 11 is 0. The number of rotatable bonds is 8. The number of ether oxygens (including phenoxy) is 2. The fourth-order valence-electron chi connectivity index (χ4n) is 2.46. The SMILES string of the molecule is CCNC(c1ccc(OC(C)C)cc1)C(OC)C(C)C. The van der Waals surface area contributed by atoms with Crippen LogP contribution in [-0.2, 0) is 4.74 Å². The molecule has 3 heteroatoms. The maximum atomic E-state index is 5.69. The summed E-state index contributed by atoms with van der Waals surface area (Å²) in [5.41, 5.74) is 1.24. The van der Waals surface area contributed by atoms with Crippen molar-refractivity contribution in [1.82, 2.24) is 5.32 Å². The summed E-state index contributed by atoms with van der Waals surface area (Å²) in [7, 11) is 1.78. The molecule has 114 valence electrons. The maximum absolute atomic E-state index is 5.69. The monoisotopic (exact) mass is 279 g/mol. The van der Waals surface area contributed by atoms with E-state index in [2.05, 4.69) is 38.2 Å². The van der Waals surface area contributed by atoms with Crippen molar-refractivity contribution in [1.29, 1.82) is 0 Å². The van der Waals surface area contributed by atoms with Crippen LogP contribution in [0.4, 0.5) is 0 Å². The van der Waals surface area contributed by atoms with Crippen molar-refractivity contribution in [3.63, 3.8) is 0 Å². The lowest BCUT2D eigenvalue weighted by molar-refractivity contribution is 0.0331. The van der Waals surface area contributed by atoms with E-state index in [1.807, 2.05) is 26.0 Å². The lowest BCUT2D eigenvalue weighted by atomic mass is 9.93. The highest BCUT2D eigenvalue weighted by Crippen LogP contribution is 2.26. The second-order valence-corrected chi connectivity index (χ2v) is 5.72. The van der Waals surface area contributed by atoms with Crippen LogP contribution >= 0.6 is 0 Å². The average Bonchev–Trinajstić information content (AvgIpc) is 2.38. The van der Waals surface area contributed by atoms with E-state index in [1.165, 1.54) is 5.56 Å². The molecule has 0 aliphatic carbocycles. The second-order valence-electron chi connectivity index (χ2n) is 5.72. The summed E-state index contributed by atoms with van der Waals surface area (Å²) in [5.74, 6) is 1.37. The van der Waals surface area contributed by atoms with Gasteiger partial charge >= 0.3 is 0 Å². The summed E-state index contributed by atoms with van der Waals surface area (Å²) in [6.07, 6.45) is 0.361. The molecule has 2 unspecified atom stereocenters. The van der Waals surface area contributed by atoms with Crippen LogP contribution in [0.5, 0.6) is 5.75 Å². The molecule has 0 fully saturated rings. The topological polar surface area (TPSA) is 30.5 Å². The highest BCUT2D eigenvalue weighted by molar-refractivity contribution is 5.30. The first kappa shape index (κ1) is 17.0. The molecule has 0 radical (unpaired) electrons. The Bertz CT molecular complexity index is 373. The van der Waals surface area contributed by atoms with Gasteiger partial charge in [0.2, 0.25) is 0 Å². The largest absolute Gasteiger partial charge is 0.491 e. The van der Waals surface area contributed by atoms with Gasteiger partial charge < -0.3 is 14.8 Å². The van der Waals surface area contributed by atoms with Crippen molar-refractivity contribution in [3.8, 4) is 5.75 Å². The van der Waals surface area contributed by atoms with Gasteiger partial charge in [0.15, 0.2) is 0 Å². The number of hydrogen-bond donors (Lipinski definition) is 1. The van der Waals surface area contributed by atoms with E-state index in [0.29, 0.717) is 5.92 Å². The van der Waals surface area contributed by atoms with Gasteiger partial charge in [-0.15, -0.1) is 0 Å². The third-order valence-electron chi connectivity index (χ3n) is 3.29. The molecule has 0 heterocycles. The highest BCUT2D eigenvalue weighted by atomic mass is 16.5. The Balaban J connectivity index is 2.91. The van der Waals surface area contributed by atoms with Gasteiger partial charge in [-0.3, -0.25) is 0 Å². The Morgan fingerprint density at radius 2 is 1.65 bits per heavy atom. The van der Waals surface area contributed by atoms with Crippen molar-refractivity contribution >= 4 is 0 Å². The van der Waals surface area contributed by atoms with E-state index in [0.717, 1.165) is 12.3 Å². The fourth-order valence-corrected chi connectivity index (χ4v) is 2.46. The Labute approximate surface area is 123 Å². The average molecular weight is 279 g/mol. The standard InChI is InChI=1S/C17H29NO2/c1-7-18-16(17(19-6)12(2)3)14-8-10-15(11-9-14)20-13(4)5/h8-13,16-18H,7H2,1-6H3. The smallest absolute Gasteiger partial charge is 0.119 e. The second kappa shape index (κ2) is 8.28. The lowest BCUT2D eigenvalue weighted by Gasteiger charge is -2.30. The van der Waals surface area contributed by atoms with Crippen molar-refractivity contribution in [3.05, 3.63) is 29.8 Å². The third kappa shape index (κ3) is 4.80. The van der Waals surface area contributed by atoms with Crippen LogP contribution in [0, 0.1) is 5.92 Å². The molecule has 20 heavy (non-hydrogen) atoms. The van der Waals surface area contributed by atoms with Gasteiger partial charge in [-0.2, -0.15) is 0 Å². The number of hydrogen-bond acceptors (Lipinski definition) is 3.